The minimum atomic E-state index is -0.548. The molecule has 1 unspecified atom stereocenters. The molecule has 0 aromatic heterocycles. The normalized spacial score (nSPS) is 16.7. The number of ketones is 1. The Morgan fingerprint density at radius 1 is 1.21 bits per heavy atom. The first-order chi connectivity index (χ1) is 13.4. The summed E-state index contributed by atoms with van der Waals surface area (Å²) in [5, 5.41) is 14.9. The average Bonchev–Trinajstić information content (AvgIpc) is 2.71. The van der Waals surface area contributed by atoms with Crippen molar-refractivity contribution in [3.63, 3.8) is 0 Å². The van der Waals surface area contributed by atoms with Crippen LogP contribution in [-0.4, -0.2) is 27.3 Å². The number of carbonyl (C=O) groups excluding carboxylic acids is 1. The molecular weight excluding hydrogens is 374 g/mol. The minimum Gasteiger partial charge on any atom is -0.351 e. The molecule has 1 aliphatic rings. The molecule has 28 heavy (non-hydrogen) atoms. The number of hydrogen-bond acceptors (Lipinski definition) is 4. The number of nitrogens with zero attached hydrogens (tertiary/aromatic N) is 2. The SMILES string of the molecule is CCCN1C(=S)NC(c2cccc([N+](=O)[O-])c2)C(C(=O)c2ccccc2)=C1C. The van der Waals surface area contributed by atoms with Crippen molar-refractivity contribution >= 4 is 28.8 Å². The van der Waals surface area contributed by atoms with E-state index < -0.39 is 11.0 Å². The van der Waals surface area contributed by atoms with E-state index in [1.165, 1.54) is 12.1 Å². The van der Waals surface area contributed by atoms with E-state index in [9.17, 15) is 14.9 Å². The van der Waals surface area contributed by atoms with Crippen molar-refractivity contribution in [3.05, 3.63) is 87.1 Å². The summed E-state index contributed by atoms with van der Waals surface area (Å²) in [6, 6.07) is 14.8. The molecule has 1 N–H and O–H groups in total. The molecule has 7 heteroatoms. The minimum absolute atomic E-state index is 0.0228. The van der Waals surface area contributed by atoms with Crippen molar-refractivity contribution in [2.24, 2.45) is 0 Å². The molecule has 6 nitrogen and oxygen atoms in total. The van der Waals surface area contributed by atoms with E-state index in [1.807, 2.05) is 36.9 Å². The van der Waals surface area contributed by atoms with Crippen LogP contribution in [0, 0.1) is 10.1 Å². The van der Waals surface area contributed by atoms with Gasteiger partial charge >= 0.3 is 0 Å². The van der Waals surface area contributed by atoms with Crippen molar-refractivity contribution < 1.29 is 9.72 Å². The molecule has 0 bridgehead atoms. The van der Waals surface area contributed by atoms with E-state index >= 15 is 0 Å². The quantitative estimate of drug-likeness (QED) is 0.338. The van der Waals surface area contributed by atoms with Crippen LogP contribution in [0.25, 0.3) is 0 Å². The molecular formula is C21H21N3O3S. The lowest BCUT2D eigenvalue weighted by atomic mass is 9.89. The van der Waals surface area contributed by atoms with E-state index in [2.05, 4.69) is 5.32 Å². The number of thiocarbonyl (C=S) groups is 1. The van der Waals surface area contributed by atoms with E-state index in [0.29, 0.717) is 28.4 Å². The molecule has 1 atom stereocenters. The van der Waals surface area contributed by atoms with Gasteiger partial charge in [-0.05, 0) is 31.1 Å². The van der Waals surface area contributed by atoms with Crippen molar-refractivity contribution in [1.82, 2.24) is 10.2 Å². The van der Waals surface area contributed by atoms with Gasteiger partial charge in [-0.15, -0.1) is 0 Å². The maximum Gasteiger partial charge on any atom is 0.269 e. The molecule has 0 fully saturated rings. The predicted octanol–water partition coefficient (Wildman–Crippen LogP) is 4.39. The first-order valence-corrected chi connectivity index (χ1v) is 9.47. The molecule has 0 amide bonds. The van der Waals surface area contributed by atoms with Gasteiger partial charge in [0.05, 0.1) is 11.0 Å². The summed E-state index contributed by atoms with van der Waals surface area (Å²) in [5.74, 6) is -0.120. The highest BCUT2D eigenvalue weighted by atomic mass is 32.1. The third kappa shape index (κ3) is 3.80. The van der Waals surface area contributed by atoms with Crippen LogP contribution < -0.4 is 5.32 Å². The average molecular weight is 395 g/mol. The molecule has 0 saturated carbocycles. The monoisotopic (exact) mass is 395 g/mol. The zero-order valence-electron chi connectivity index (χ0n) is 15.7. The molecule has 1 aliphatic heterocycles. The fourth-order valence-electron chi connectivity index (χ4n) is 3.38. The lowest BCUT2D eigenvalue weighted by Gasteiger charge is -2.38. The number of nitro benzene ring substituents is 1. The van der Waals surface area contributed by atoms with E-state index in [1.54, 1.807) is 24.3 Å². The summed E-state index contributed by atoms with van der Waals surface area (Å²) < 4.78 is 0. The predicted molar refractivity (Wildman–Crippen MR) is 112 cm³/mol. The van der Waals surface area contributed by atoms with Gasteiger partial charge in [0.25, 0.3) is 5.69 Å². The van der Waals surface area contributed by atoms with Gasteiger partial charge in [0.2, 0.25) is 0 Å². The summed E-state index contributed by atoms with van der Waals surface area (Å²) >= 11 is 5.52. The Morgan fingerprint density at radius 2 is 1.93 bits per heavy atom. The van der Waals surface area contributed by atoms with Gasteiger partial charge in [-0.3, -0.25) is 14.9 Å². The molecule has 0 radical (unpaired) electrons. The zero-order chi connectivity index (χ0) is 20.3. The number of hydrogen-bond donors (Lipinski definition) is 1. The molecule has 1 heterocycles. The van der Waals surface area contributed by atoms with Gasteiger partial charge in [0, 0.05) is 35.5 Å². The Kier molecular flexibility index (Phi) is 5.84. The molecule has 3 rings (SSSR count). The van der Waals surface area contributed by atoms with Crippen molar-refractivity contribution in [2.45, 2.75) is 26.3 Å². The highest BCUT2D eigenvalue weighted by Crippen LogP contribution is 2.34. The van der Waals surface area contributed by atoms with Gasteiger partial charge < -0.3 is 10.2 Å². The van der Waals surface area contributed by atoms with Crippen LogP contribution in [0.4, 0.5) is 5.69 Å². The Balaban J connectivity index is 2.14. The first kappa shape index (κ1) is 19.7. The van der Waals surface area contributed by atoms with E-state index in [0.717, 1.165) is 12.1 Å². The number of non-ortho nitro benzene ring substituents is 1. The maximum atomic E-state index is 13.4. The summed E-state index contributed by atoms with van der Waals surface area (Å²) in [5.41, 5.74) is 2.50. The number of benzene rings is 2. The number of nitro groups is 1. The summed E-state index contributed by atoms with van der Waals surface area (Å²) in [6.07, 6.45) is 0.868. The fourth-order valence-corrected chi connectivity index (χ4v) is 3.73. The van der Waals surface area contributed by atoms with Gasteiger partial charge in [-0.25, -0.2) is 0 Å². The largest absolute Gasteiger partial charge is 0.351 e. The Morgan fingerprint density at radius 3 is 2.57 bits per heavy atom. The summed E-state index contributed by atoms with van der Waals surface area (Å²) in [4.78, 5) is 26.1. The smallest absolute Gasteiger partial charge is 0.269 e. The molecule has 2 aromatic carbocycles. The van der Waals surface area contributed by atoms with Gasteiger partial charge in [0.1, 0.15) is 0 Å². The second-order valence-corrected chi connectivity index (χ2v) is 6.97. The summed E-state index contributed by atoms with van der Waals surface area (Å²) in [6.45, 7) is 4.61. The highest BCUT2D eigenvalue weighted by molar-refractivity contribution is 7.80. The molecule has 144 valence electrons. The summed E-state index contributed by atoms with van der Waals surface area (Å²) in [7, 11) is 0. The van der Waals surface area contributed by atoms with Crippen LogP contribution in [0.3, 0.4) is 0 Å². The molecule has 0 spiro atoms. The van der Waals surface area contributed by atoms with Crippen LogP contribution in [-0.2, 0) is 0 Å². The zero-order valence-corrected chi connectivity index (χ0v) is 16.5. The Labute approximate surface area is 169 Å². The van der Waals surface area contributed by atoms with E-state index in [4.69, 9.17) is 12.2 Å². The molecule has 0 aliphatic carbocycles. The fraction of sp³-hybridized carbons (Fsp3) is 0.238. The van der Waals surface area contributed by atoms with Gasteiger partial charge in [0.15, 0.2) is 10.9 Å². The van der Waals surface area contributed by atoms with Crippen LogP contribution in [0.1, 0.15) is 42.2 Å². The number of carbonyl (C=O) groups is 1. The van der Waals surface area contributed by atoms with Crippen molar-refractivity contribution in [2.75, 3.05) is 6.54 Å². The highest BCUT2D eigenvalue weighted by Gasteiger charge is 2.34. The lowest BCUT2D eigenvalue weighted by Crippen LogP contribution is -2.47. The Hall–Kier alpha value is -3.06. The number of Topliss-reactive ketones (excluding diaryl/α,β-unsaturated/α-hetero) is 1. The number of nitrogens with one attached hydrogen (secondary N) is 1. The van der Waals surface area contributed by atoms with Gasteiger partial charge in [-0.2, -0.15) is 0 Å². The maximum absolute atomic E-state index is 13.4. The molecule has 0 saturated heterocycles. The topological polar surface area (TPSA) is 75.5 Å². The second kappa shape index (κ2) is 8.31. The number of allylic oxidation sites excluding steroid dienone is 1. The third-order valence-electron chi connectivity index (χ3n) is 4.74. The van der Waals surface area contributed by atoms with Crippen molar-refractivity contribution in [1.29, 1.82) is 0 Å². The van der Waals surface area contributed by atoms with E-state index in [-0.39, 0.29) is 11.5 Å². The number of rotatable bonds is 6. The van der Waals surface area contributed by atoms with Gasteiger partial charge in [-0.1, -0.05) is 49.4 Å². The standard InChI is InChI=1S/C21H21N3O3S/c1-3-12-23-14(2)18(20(25)15-8-5-4-6-9-15)19(22-21(23)28)16-10-7-11-17(13-16)24(26)27/h4-11,13,19H,3,12H2,1-2H3,(H,22,28). The van der Waals surface area contributed by atoms with Crippen LogP contribution in [0.15, 0.2) is 65.9 Å². The van der Waals surface area contributed by atoms with Crippen LogP contribution in [0.5, 0.6) is 0 Å². The molecule has 2 aromatic rings. The van der Waals surface area contributed by atoms with Crippen LogP contribution >= 0.6 is 12.2 Å². The Bertz CT molecular complexity index is 956. The second-order valence-electron chi connectivity index (χ2n) is 6.58. The first-order valence-electron chi connectivity index (χ1n) is 9.07. The third-order valence-corrected chi connectivity index (χ3v) is 5.08. The van der Waals surface area contributed by atoms with Crippen LogP contribution in [0.2, 0.25) is 0 Å². The lowest BCUT2D eigenvalue weighted by molar-refractivity contribution is -0.384. The van der Waals surface area contributed by atoms with Crippen molar-refractivity contribution in [3.8, 4) is 0 Å².